The molecule has 0 aromatic heterocycles. The fourth-order valence-corrected chi connectivity index (χ4v) is 3.19. The minimum absolute atomic E-state index is 0. The number of esters is 1. The smallest absolute Gasteiger partial charge is 0.328 e. The first-order valence-corrected chi connectivity index (χ1v) is 9.70. The van der Waals surface area contributed by atoms with Gasteiger partial charge in [-0.1, -0.05) is 24.3 Å². The molecule has 0 spiro atoms. The standard InChI is InChI=1S/C20H24N2O3S.ClH/c1-13-6-4-5-7-15(13)17-12-14(21)8-9-16(17)19(23)22-18(10-11-26-3)20(24)25-2;/h4-9,12,18H,10-11,21H2,1-3H3,(H,22,23);1H. The van der Waals surface area contributed by atoms with E-state index in [1.165, 1.54) is 7.11 Å². The van der Waals surface area contributed by atoms with Crippen molar-refractivity contribution < 1.29 is 14.3 Å². The molecule has 0 bridgehead atoms. The summed E-state index contributed by atoms with van der Waals surface area (Å²) in [4.78, 5) is 24.9. The summed E-state index contributed by atoms with van der Waals surface area (Å²) in [6, 6.07) is 12.3. The van der Waals surface area contributed by atoms with Crippen LogP contribution in [0.1, 0.15) is 22.3 Å². The van der Waals surface area contributed by atoms with Gasteiger partial charge in [0.25, 0.3) is 5.91 Å². The molecule has 0 radical (unpaired) electrons. The van der Waals surface area contributed by atoms with Gasteiger partial charge >= 0.3 is 5.97 Å². The van der Waals surface area contributed by atoms with Crippen molar-refractivity contribution in [1.29, 1.82) is 0 Å². The van der Waals surface area contributed by atoms with Crippen molar-refractivity contribution in [3.05, 3.63) is 53.6 Å². The van der Waals surface area contributed by atoms with Crippen LogP contribution in [0.4, 0.5) is 5.69 Å². The number of hydrogen-bond acceptors (Lipinski definition) is 5. The van der Waals surface area contributed by atoms with Gasteiger partial charge in [-0.3, -0.25) is 4.79 Å². The van der Waals surface area contributed by atoms with Gasteiger partial charge in [0.15, 0.2) is 0 Å². The number of carbonyl (C=O) groups is 2. The minimum atomic E-state index is -0.678. The van der Waals surface area contributed by atoms with E-state index in [0.29, 0.717) is 17.7 Å². The number of carbonyl (C=O) groups excluding carboxylic acids is 2. The Labute approximate surface area is 170 Å². The van der Waals surface area contributed by atoms with E-state index in [-0.39, 0.29) is 18.3 Å². The third kappa shape index (κ3) is 5.91. The number of benzene rings is 2. The zero-order valence-corrected chi connectivity index (χ0v) is 17.3. The molecule has 0 heterocycles. The molecule has 2 aromatic rings. The Hall–Kier alpha value is -2.18. The van der Waals surface area contributed by atoms with E-state index in [1.54, 1.807) is 30.0 Å². The summed E-state index contributed by atoms with van der Waals surface area (Å²) in [5.74, 6) is -0.0214. The first-order valence-electron chi connectivity index (χ1n) is 8.31. The van der Waals surface area contributed by atoms with Crippen LogP contribution in [0, 0.1) is 6.92 Å². The van der Waals surface area contributed by atoms with Crippen molar-refractivity contribution in [2.75, 3.05) is 24.9 Å². The molecule has 0 aliphatic heterocycles. The van der Waals surface area contributed by atoms with Crippen LogP contribution < -0.4 is 11.1 Å². The minimum Gasteiger partial charge on any atom is -0.467 e. The number of amides is 1. The van der Waals surface area contributed by atoms with Gasteiger partial charge in [-0.05, 0) is 60.2 Å². The molecule has 1 unspecified atom stereocenters. The number of hydrogen-bond donors (Lipinski definition) is 2. The number of nitrogens with two attached hydrogens (primary N) is 1. The topological polar surface area (TPSA) is 81.4 Å². The maximum absolute atomic E-state index is 12.9. The predicted molar refractivity (Wildman–Crippen MR) is 115 cm³/mol. The number of nitrogens with one attached hydrogen (secondary N) is 1. The summed E-state index contributed by atoms with van der Waals surface area (Å²) in [6.07, 6.45) is 2.46. The van der Waals surface area contributed by atoms with E-state index in [4.69, 9.17) is 10.5 Å². The average Bonchev–Trinajstić information content (AvgIpc) is 2.64. The summed E-state index contributed by atoms with van der Waals surface area (Å²) in [5, 5.41) is 2.80. The van der Waals surface area contributed by atoms with E-state index in [2.05, 4.69) is 5.32 Å². The highest BCUT2D eigenvalue weighted by molar-refractivity contribution is 7.98. The lowest BCUT2D eigenvalue weighted by molar-refractivity contribution is -0.142. The van der Waals surface area contributed by atoms with Crippen molar-refractivity contribution >= 4 is 41.7 Å². The molecule has 0 aliphatic carbocycles. The zero-order valence-electron chi connectivity index (χ0n) is 15.7. The predicted octanol–water partition coefficient (Wildman–Crippen LogP) is 3.69. The molecular formula is C20H25ClN2O3S. The lowest BCUT2D eigenvalue weighted by Gasteiger charge is -2.18. The lowest BCUT2D eigenvalue weighted by atomic mass is 9.95. The van der Waals surface area contributed by atoms with Crippen LogP contribution in [0.5, 0.6) is 0 Å². The van der Waals surface area contributed by atoms with E-state index < -0.39 is 12.0 Å². The second kappa shape index (κ2) is 10.8. The number of halogens is 1. The molecule has 27 heavy (non-hydrogen) atoms. The lowest BCUT2D eigenvalue weighted by Crippen LogP contribution is -2.42. The van der Waals surface area contributed by atoms with Gasteiger partial charge in [0.2, 0.25) is 0 Å². The van der Waals surface area contributed by atoms with Gasteiger partial charge in [0, 0.05) is 11.3 Å². The first-order chi connectivity index (χ1) is 12.5. The van der Waals surface area contributed by atoms with Crippen molar-refractivity contribution in [2.45, 2.75) is 19.4 Å². The monoisotopic (exact) mass is 408 g/mol. The Kier molecular flexibility index (Phi) is 9.18. The summed E-state index contributed by atoms with van der Waals surface area (Å²) in [7, 11) is 1.32. The second-order valence-electron chi connectivity index (χ2n) is 5.95. The Morgan fingerprint density at radius 3 is 2.52 bits per heavy atom. The average molecular weight is 409 g/mol. The van der Waals surface area contributed by atoms with Gasteiger partial charge in [-0.25, -0.2) is 4.79 Å². The number of rotatable bonds is 7. The third-order valence-corrected chi connectivity index (χ3v) is 4.77. The van der Waals surface area contributed by atoms with Gasteiger partial charge in [-0.2, -0.15) is 11.8 Å². The van der Waals surface area contributed by atoms with E-state index in [0.717, 1.165) is 22.4 Å². The van der Waals surface area contributed by atoms with Crippen molar-refractivity contribution in [3.8, 4) is 11.1 Å². The summed E-state index contributed by atoms with van der Waals surface area (Å²) < 4.78 is 4.82. The van der Waals surface area contributed by atoms with E-state index in [9.17, 15) is 9.59 Å². The van der Waals surface area contributed by atoms with Crippen LogP contribution in [-0.2, 0) is 9.53 Å². The number of ether oxygens (including phenoxy) is 1. The zero-order chi connectivity index (χ0) is 19.1. The maximum Gasteiger partial charge on any atom is 0.328 e. The number of methoxy groups -OCH3 is 1. The van der Waals surface area contributed by atoms with Crippen LogP contribution in [0.15, 0.2) is 42.5 Å². The Bertz CT molecular complexity index is 799. The molecule has 1 amide bonds. The molecule has 3 N–H and O–H groups in total. The Morgan fingerprint density at radius 2 is 1.89 bits per heavy atom. The van der Waals surface area contributed by atoms with Crippen LogP contribution in [0.2, 0.25) is 0 Å². The molecule has 0 fully saturated rings. The SMILES string of the molecule is COC(=O)C(CCSC)NC(=O)c1ccc(N)cc1-c1ccccc1C.Cl. The van der Waals surface area contributed by atoms with E-state index >= 15 is 0 Å². The maximum atomic E-state index is 12.9. The van der Waals surface area contributed by atoms with Gasteiger partial charge in [-0.15, -0.1) is 12.4 Å². The summed E-state index contributed by atoms with van der Waals surface area (Å²) >= 11 is 1.61. The first kappa shape index (κ1) is 22.9. The Morgan fingerprint density at radius 1 is 1.19 bits per heavy atom. The molecule has 2 rings (SSSR count). The normalized spacial score (nSPS) is 11.2. The van der Waals surface area contributed by atoms with E-state index in [1.807, 2.05) is 37.4 Å². The van der Waals surface area contributed by atoms with Crippen LogP contribution >= 0.6 is 24.2 Å². The fourth-order valence-electron chi connectivity index (χ4n) is 2.72. The largest absolute Gasteiger partial charge is 0.467 e. The highest BCUT2D eigenvalue weighted by atomic mass is 35.5. The van der Waals surface area contributed by atoms with Gasteiger partial charge < -0.3 is 15.8 Å². The van der Waals surface area contributed by atoms with Crippen LogP contribution in [0.3, 0.4) is 0 Å². The van der Waals surface area contributed by atoms with Gasteiger partial charge in [0.1, 0.15) is 6.04 Å². The second-order valence-corrected chi connectivity index (χ2v) is 6.94. The quantitative estimate of drug-likeness (QED) is 0.539. The number of thioether (sulfide) groups is 1. The Balaban J connectivity index is 0.00000364. The van der Waals surface area contributed by atoms with Crippen LogP contribution in [0.25, 0.3) is 11.1 Å². The molecule has 146 valence electrons. The highest BCUT2D eigenvalue weighted by Crippen LogP contribution is 2.29. The van der Waals surface area contributed by atoms with Gasteiger partial charge in [0.05, 0.1) is 7.11 Å². The molecular weight excluding hydrogens is 384 g/mol. The number of aryl methyl sites for hydroxylation is 1. The molecule has 5 nitrogen and oxygen atoms in total. The molecule has 0 saturated heterocycles. The third-order valence-electron chi connectivity index (χ3n) is 4.13. The molecule has 0 aliphatic rings. The molecule has 2 aromatic carbocycles. The number of nitrogen functional groups attached to an aromatic ring is 1. The summed E-state index contributed by atoms with van der Waals surface area (Å²) in [5.41, 5.74) is 9.72. The highest BCUT2D eigenvalue weighted by Gasteiger charge is 2.23. The molecule has 0 saturated carbocycles. The fraction of sp³-hybridized carbons (Fsp3) is 0.300. The van der Waals surface area contributed by atoms with Crippen molar-refractivity contribution in [3.63, 3.8) is 0 Å². The van der Waals surface area contributed by atoms with Crippen molar-refractivity contribution in [1.82, 2.24) is 5.32 Å². The summed E-state index contributed by atoms with van der Waals surface area (Å²) in [6.45, 7) is 1.98. The van der Waals surface area contributed by atoms with Crippen LogP contribution in [-0.4, -0.2) is 37.0 Å². The number of anilines is 1. The molecule has 7 heteroatoms. The van der Waals surface area contributed by atoms with Crippen molar-refractivity contribution in [2.24, 2.45) is 0 Å². The molecule has 1 atom stereocenters.